The average molecular weight is 351 g/mol. The molecule has 1 heterocycles. The fourth-order valence-electron chi connectivity index (χ4n) is 3.01. The zero-order valence-electron chi connectivity index (χ0n) is 15.2. The average Bonchev–Trinajstić information content (AvgIpc) is 2.55. The van der Waals surface area contributed by atoms with E-state index in [0.717, 1.165) is 25.7 Å². The molecule has 25 heavy (non-hydrogen) atoms. The molecular formula is C17H29N5O3. The molecule has 0 atom stereocenters. The maximum absolute atomic E-state index is 11.7. The van der Waals surface area contributed by atoms with Crippen molar-refractivity contribution in [2.45, 2.75) is 63.6 Å². The molecule has 8 heteroatoms. The molecule has 1 fully saturated rings. The van der Waals surface area contributed by atoms with Crippen molar-refractivity contribution in [3.05, 3.63) is 11.8 Å². The quantitative estimate of drug-likeness (QED) is 0.560. The Morgan fingerprint density at radius 3 is 2.64 bits per heavy atom. The number of amides is 1. The molecule has 0 bridgehead atoms. The Morgan fingerprint density at radius 2 is 2.08 bits per heavy atom. The van der Waals surface area contributed by atoms with E-state index in [-0.39, 0.29) is 18.2 Å². The molecule has 2 rings (SSSR count). The van der Waals surface area contributed by atoms with Crippen LogP contribution >= 0.6 is 0 Å². The topological polar surface area (TPSA) is 122 Å². The zero-order valence-corrected chi connectivity index (χ0v) is 15.2. The van der Waals surface area contributed by atoms with Crippen LogP contribution in [0.1, 0.15) is 56.3 Å². The van der Waals surface area contributed by atoms with Crippen LogP contribution in [0, 0.1) is 0 Å². The molecule has 1 aromatic heterocycles. The van der Waals surface area contributed by atoms with Crippen LogP contribution in [0.3, 0.4) is 0 Å². The Hall–Kier alpha value is -1.93. The number of ether oxygens (including phenoxy) is 1. The fourth-order valence-corrected chi connectivity index (χ4v) is 3.01. The molecule has 1 aliphatic rings. The van der Waals surface area contributed by atoms with E-state index in [9.17, 15) is 9.90 Å². The molecular weight excluding hydrogens is 322 g/mol. The molecule has 0 saturated heterocycles. The van der Waals surface area contributed by atoms with Crippen molar-refractivity contribution in [3.8, 4) is 0 Å². The third-order valence-electron chi connectivity index (χ3n) is 4.59. The number of rotatable bonds is 8. The van der Waals surface area contributed by atoms with Crippen molar-refractivity contribution in [3.63, 3.8) is 0 Å². The van der Waals surface area contributed by atoms with Gasteiger partial charge in [0.2, 0.25) is 5.95 Å². The van der Waals surface area contributed by atoms with Gasteiger partial charge in [0.1, 0.15) is 5.82 Å². The lowest BCUT2D eigenvalue weighted by molar-refractivity contribution is 0.0681. The number of nitrogens with two attached hydrogens (primary N) is 1. The predicted octanol–water partition coefficient (Wildman–Crippen LogP) is 1.52. The summed E-state index contributed by atoms with van der Waals surface area (Å²) in [5.41, 5.74) is 5.24. The summed E-state index contributed by atoms with van der Waals surface area (Å²) in [6, 6.07) is 0.282. The van der Waals surface area contributed by atoms with Crippen LogP contribution in [-0.2, 0) is 4.74 Å². The van der Waals surface area contributed by atoms with Gasteiger partial charge in [-0.2, -0.15) is 4.98 Å². The second-order valence-electron chi connectivity index (χ2n) is 7.16. The standard InChI is InChI=1S/C17H29N5O3/c1-17(2,8-9-23)22-15-13(14(18)24)10-19-16(21-15)20-11-4-6-12(25-3)7-5-11/h10-12,23H,4-9H2,1-3H3,(H2,18,24)(H2,19,20,21,22). The maximum atomic E-state index is 11.7. The molecule has 0 aliphatic heterocycles. The number of methoxy groups -OCH3 is 1. The van der Waals surface area contributed by atoms with Gasteiger partial charge in [-0.3, -0.25) is 4.79 Å². The molecule has 0 aromatic carbocycles. The molecule has 140 valence electrons. The van der Waals surface area contributed by atoms with Crippen molar-refractivity contribution in [1.29, 1.82) is 0 Å². The van der Waals surface area contributed by atoms with E-state index in [0.29, 0.717) is 24.3 Å². The van der Waals surface area contributed by atoms with Gasteiger partial charge in [0, 0.05) is 31.5 Å². The number of aromatic nitrogens is 2. The molecule has 1 saturated carbocycles. The van der Waals surface area contributed by atoms with E-state index in [1.54, 1.807) is 7.11 Å². The Bertz CT molecular complexity index is 586. The molecule has 0 spiro atoms. The first-order chi connectivity index (χ1) is 11.8. The number of hydrogen-bond acceptors (Lipinski definition) is 7. The number of primary amides is 1. The molecule has 8 nitrogen and oxygen atoms in total. The Kier molecular flexibility index (Phi) is 6.55. The lowest BCUT2D eigenvalue weighted by Gasteiger charge is -2.29. The highest BCUT2D eigenvalue weighted by atomic mass is 16.5. The minimum atomic E-state index is -0.588. The van der Waals surface area contributed by atoms with Gasteiger partial charge in [-0.1, -0.05) is 0 Å². The minimum absolute atomic E-state index is 0.0326. The van der Waals surface area contributed by atoms with Crippen LogP contribution in [0.4, 0.5) is 11.8 Å². The van der Waals surface area contributed by atoms with E-state index < -0.39 is 11.4 Å². The normalized spacial score (nSPS) is 21.0. The van der Waals surface area contributed by atoms with Gasteiger partial charge < -0.3 is 26.2 Å². The summed E-state index contributed by atoms with van der Waals surface area (Å²) >= 11 is 0. The molecule has 0 radical (unpaired) electrons. The van der Waals surface area contributed by atoms with E-state index in [1.165, 1.54) is 6.20 Å². The van der Waals surface area contributed by atoms with Crippen molar-refractivity contribution in [2.75, 3.05) is 24.4 Å². The van der Waals surface area contributed by atoms with Crippen molar-refractivity contribution >= 4 is 17.7 Å². The van der Waals surface area contributed by atoms with E-state index in [4.69, 9.17) is 10.5 Å². The van der Waals surface area contributed by atoms with Crippen LogP contribution in [0.25, 0.3) is 0 Å². The van der Waals surface area contributed by atoms with Gasteiger partial charge in [0.05, 0.1) is 11.7 Å². The van der Waals surface area contributed by atoms with Gasteiger partial charge in [-0.15, -0.1) is 0 Å². The van der Waals surface area contributed by atoms with Gasteiger partial charge >= 0.3 is 0 Å². The van der Waals surface area contributed by atoms with E-state index in [2.05, 4.69) is 20.6 Å². The molecule has 0 unspecified atom stereocenters. The first kappa shape index (κ1) is 19.4. The second kappa shape index (κ2) is 8.44. The van der Waals surface area contributed by atoms with Crippen LogP contribution in [0.5, 0.6) is 0 Å². The van der Waals surface area contributed by atoms with Crippen molar-refractivity contribution in [2.24, 2.45) is 5.73 Å². The van der Waals surface area contributed by atoms with Crippen molar-refractivity contribution < 1.29 is 14.6 Å². The predicted molar refractivity (Wildman–Crippen MR) is 96.6 cm³/mol. The lowest BCUT2D eigenvalue weighted by atomic mass is 9.93. The number of aliphatic hydroxyl groups excluding tert-OH is 1. The van der Waals surface area contributed by atoms with E-state index >= 15 is 0 Å². The fraction of sp³-hybridized carbons (Fsp3) is 0.706. The first-order valence-electron chi connectivity index (χ1n) is 8.70. The monoisotopic (exact) mass is 351 g/mol. The van der Waals surface area contributed by atoms with Crippen LogP contribution in [-0.4, -0.2) is 52.4 Å². The van der Waals surface area contributed by atoms with Crippen LogP contribution < -0.4 is 16.4 Å². The smallest absolute Gasteiger partial charge is 0.254 e. The van der Waals surface area contributed by atoms with Crippen molar-refractivity contribution in [1.82, 2.24) is 9.97 Å². The number of hydrogen-bond donors (Lipinski definition) is 4. The summed E-state index contributed by atoms with van der Waals surface area (Å²) in [6.07, 6.45) is 6.25. The maximum Gasteiger partial charge on any atom is 0.254 e. The number of aliphatic hydroxyl groups is 1. The van der Waals surface area contributed by atoms with Crippen LogP contribution in [0.2, 0.25) is 0 Å². The van der Waals surface area contributed by atoms with Gasteiger partial charge in [-0.05, 0) is 46.0 Å². The number of anilines is 2. The van der Waals surface area contributed by atoms with Gasteiger partial charge in [0.15, 0.2) is 0 Å². The highest BCUT2D eigenvalue weighted by Crippen LogP contribution is 2.25. The third kappa shape index (κ3) is 5.54. The molecule has 1 aromatic rings. The molecule has 5 N–H and O–H groups in total. The summed E-state index contributed by atoms with van der Waals surface area (Å²) in [6.45, 7) is 3.88. The van der Waals surface area contributed by atoms with Gasteiger partial charge in [-0.25, -0.2) is 4.98 Å². The summed E-state index contributed by atoms with van der Waals surface area (Å²) < 4.78 is 5.39. The Morgan fingerprint density at radius 1 is 1.40 bits per heavy atom. The number of nitrogens with zero attached hydrogens (tertiary/aromatic N) is 2. The minimum Gasteiger partial charge on any atom is -0.396 e. The number of carbonyl (C=O) groups is 1. The Balaban J connectivity index is 2.12. The summed E-state index contributed by atoms with van der Waals surface area (Å²) in [4.78, 5) is 20.3. The number of nitrogens with one attached hydrogen (secondary N) is 2. The highest BCUT2D eigenvalue weighted by molar-refractivity contribution is 5.97. The van der Waals surface area contributed by atoms with Crippen LogP contribution in [0.15, 0.2) is 6.20 Å². The molecule has 1 aliphatic carbocycles. The lowest BCUT2D eigenvalue weighted by Crippen LogP contribution is -2.34. The summed E-state index contributed by atoms with van der Waals surface area (Å²) in [5, 5.41) is 15.7. The SMILES string of the molecule is COC1CCC(Nc2ncc(C(N)=O)c(NC(C)(C)CCO)n2)CC1. The van der Waals surface area contributed by atoms with Gasteiger partial charge in [0.25, 0.3) is 5.91 Å². The Labute approximate surface area is 148 Å². The van der Waals surface area contributed by atoms with E-state index in [1.807, 2.05) is 13.8 Å². The zero-order chi connectivity index (χ0) is 18.4. The second-order valence-corrected chi connectivity index (χ2v) is 7.16. The highest BCUT2D eigenvalue weighted by Gasteiger charge is 2.24. The number of carbonyl (C=O) groups excluding carboxylic acids is 1. The summed E-state index contributed by atoms with van der Waals surface area (Å²) in [5.74, 6) is 0.261. The third-order valence-corrected chi connectivity index (χ3v) is 4.59. The largest absolute Gasteiger partial charge is 0.396 e. The first-order valence-corrected chi connectivity index (χ1v) is 8.70. The molecule has 1 amide bonds. The summed E-state index contributed by atoms with van der Waals surface area (Å²) in [7, 11) is 1.75.